The molecule has 1 N–H and O–H groups in total. The molecule has 0 saturated heterocycles. The number of ether oxygens (including phenoxy) is 1. The van der Waals surface area contributed by atoms with Crippen molar-refractivity contribution >= 4 is 10.8 Å². The predicted molar refractivity (Wildman–Crippen MR) is 102 cm³/mol. The van der Waals surface area contributed by atoms with Gasteiger partial charge in [0, 0.05) is 0 Å². The first kappa shape index (κ1) is 15.3. The number of phenols is 1. The summed E-state index contributed by atoms with van der Waals surface area (Å²) in [7, 11) is 0. The first-order valence-corrected chi connectivity index (χ1v) is 8.28. The highest BCUT2D eigenvalue weighted by molar-refractivity contribution is 5.88. The Labute approximate surface area is 146 Å². The molecule has 0 aliphatic carbocycles. The molecule has 0 atom stereocenters. The van der Waals surface area contributed by atoms with Gasteiger partial charge in [0.1, 0.15) is 18.1 Å². The third-order valence-electron chi connectivity index (χ3n) is 4.26. The van der Waals surface area contributed by atoms with E-state index in [1.54, 1.807) is 12.1 Å². The van der Waals surface area contributed by atoms with Crippen LogP contribution in [0.25, 0.3) is 21.9 Å². The highest BCUT2D eigenvalue weighted by Gasteiger charge is 2.03. The number of fused-ring (bicyclic) bond motifs is 1. The van der Waals surface area contributed by atoms with E-state index in [0.29, 0.717) is 6.61 Å². The number of hydrogen-bond donors (Lipinski definition) is 1. The van der Waals surface area contributed by atoms with Gasteiger partial charge in [0.25, 0.3) is 0 Å². The molecule has 25 heavy (non-hydrogen) atoms. The maximum Gasteiger partial charge on any atom is 0.120 e. The third-order valence-corrected chi connectivity index (χ3v) is 4.26. The minimum Gasteiger partial charge on any atom is -0.508 e. The minimum atomic E-state index is 0.279. The van der Waals surface area contributed by atoms with Gasteiger partial charge in [-0.05, 0) is 57.8 Å². The smallest absolute Gasteiger partial charge is 0.120 e. The van der Waals surface area contributed by atoms with E-state index in [0.717, 1.165) is 27.8 Å². The molecule has 0 unspecified atom stereocenters. The van der Waals surface area contributed by atoms with Gasteiger partial charge in [-0.2, -0.15) is 0 Å². The molecule has 0 aromatic heterocycles. The van der Waals surface area contributed by atoms with Gasteiger partial charge >= 0.3 is 0 Å². The number of rotatable bonds is 4. The fourth-order valence-electron chi connectivity index (χ4n) is 2.89. The second-order valence-electron chi connectivity index (χ2n) is 6.04. The van der Waals surface area contributed by atoms with Crippen LogP contribution in [0.5, 0.6) is 11.5 Å². The summed E-state index contributed by atoms with van der Waals surface area (Å²) in [6.45, 7) is 0.560. The highest BCUT2D eigenvalue weighted by atomic mass is 16.5. The number of phenolic OH excluding ortho intramolecular Hbond substituents is 1. The molecule has 4 aromatic rings. The quantitative estimate of drug-likeness (QED) is 0.514. The normalized spacial score (nSPS) is 10.7. The van der Waals surface area contributed by atoms with Crippen molar-refractivity contribution in [3.8, 4) is 22.6 Å². The zero-order chi connectivity index (χ0) is 17.1. The summed E-state index contributed by atoms with van der Waals surface area (Å²) in [6.07, 6.45) is 0. The largest absolute Gasteiger partial charge is 0.508 e. The molecular formula is C23H18O2. The molecule has 0 bridgehead atoms. The van der Waals surface area contributed by atoms with Gasteiger partial charge in [0.15, 0.2) is 0 Å². The Bertz CT molecular complexity index is 989. The van der Waals surface area contributed by atoms with Gasteiger partial charge in [-0.3, -0.25) is 0 Å². The number of aromatic hydroxyl groups is 1. The van der Waals surface area contributed by atoms with Crippen molar-refractivity contribution in [1.29, 1.82) is 0 Å². The fraction of sp³-hybridized carbons (Fsp3) is 0.0435. The van der Waals surface area contributed by atoms with Gasteiger partial charge in [0.05, 0.1) is 0 Å². The summed E-state index contributed by atoms with van der Waals surface area (Å²) in [6, 6.07) is 29.9. The van der Waals surface area contributed by atoms with Crippen molar-refractivity contribution in [3.05, 3.63) is 96.6 Å². The molecule has 0 aliphatic heterocycles. The number of hydrogen-bond acceptors (Lipinski definition) is 2. The summed E-state index contributed by atoms with van der Waals surface area (Å²) in [4.78, 5) is 0. The van der Waals surface area contributed by atoms with Gasteiger partial charge in [-0.1, -0.05) is 60.7 Å². The Kier molecular flexibility index (Phi) is 4.09. The molecule has 4 aromatic carbocycles. The van der Waals surface area contributed by atoms with Crippen LogP contribution in [0.15, 0.2) is 91.0 Å². The van der Waals surface area contributed by atoms with E-state index >= 15 is 0 Å². The van der Waals surface area contributed by atoms with E-state index in [1.807, 2.05) is 36.4 Å². The summed E-state index contributed by atoms with van der Waals surface area (Å²) < 4.78 is 5.93. The SMILES string of the molecule is Oc1ccc(-c2ccc3ccc(OCc4ccccc4)cc3c2)cc1. The monoisotopic (exact) mass is 326 g/mol. The topological polar surface area (TPSA) is 29.5 Å². The Morgan fingerprint density at radius 1 is 0.640 bits per heavy atom. The lowest BCUT2D eigenvalue weighted by atomic mass is 10.0. The van der Waals surface area contributed by atoms with E-state index < -0.39 is 0 Å². The minimum absolute atomic E-state index is 0.279. The van der Waals surface area contributed by atoms with Gasteiger partial charge in [-0.25, -0.2) is 0 Å². The standard InChI is InChI=1S/C23H18O2/c24-22-11-8-18(9-12-22)20-7-6-19-10-13-23(15-21(19)14-20)25-16-17-4-2-1-3-5-17/h1-15,24H,16H2. The maximum absolute atomic E-state index is 9.45. The van der Waals surface area contributed by atoms with Crippen molar-refractivity contribution in [3.63, 3.8) is 0 Å². The zero-order valence-electron chi connectivity index (χ0n) is 13.7. The van der Waals surface area contributed by atoms with Crippen LogP contribution < -0.4 is 4.74 Å². The van der Waals surface area contributed by atoms with Crippen molar-refractivity contribution in [1.82, 2.24) is 0 Å². The van der Waals surface area contributed by atoms with E-state index in [1.165, 1.54) is 5.39 Å². The molecule has 2 nitrogen and oxygen atoms in total. The van der Waals surface area contributed by atoms with Crippen molar-refractivity contribution in [2.75, 3.05) is 0 Å². The zero-order valence-corrected chi connectivity index (χ0v) is 13.7. The van der Waals surface area contributed by atoms with E-state index in [-0.39, 0.29) is 5.75 Å². The van der Waals surface area contributed by atoms with Crippen LogP contribution in [0.2, 0.25) is 0 Å². The van der Waals surface area contributed by atoms with E-state index in [4.69, 9.17) is 4.74 Å². The van der Waals surface area contributed by atoms with Crippen LogP contribution in [0.3, 0.4) is 0 Å². The van der Waals surface area contributed by atoms with Gasteiger partial charge < -0.3 is 9.84 Å². The fourth-order valence-corrected chi connectivity index (χ4v) is 2.89. The molecule has 0 radical (unpaired) electrons. The average molecular weight is 326 g/mol. The van der Waals surface area contributed by atoms with Gasteiger partial charge in [0.2, 0.25) is 0 Å². The lowest BCUT2D eigenvalue weighted by molar-refractivity contribution is 0.306. The Hall–Kier alpha value is -3.26. The third kappa shape index (κ3) is 3.48. The van der Waals surface area contributed by atoms with E-state index in [9.17, 15) is 5.11 Å². The molecule has 0 amide bonds. The lowest BCUT2D eigenvalue weighted by Gasteiger charge is -2.09. The van der Waals surface area contributed by atoms with Crippen molar-refractivity contribution < 1.29 is 9.84 Å². The maximum atomic E-state index is 9.45. The second-order valence-corrected chi connectivity index (χ2v) is 6.04. The molecule has 0 fully saturated rings. The van der Waals surface area contributed by atoms with Crippen LogP contribution in [0.1, 0.15) is 5.56 Å². The van der Waals surface area contributed by atoms with Crippen LogP contribution >= 0.6 is 0 Å². The Balaban J connectivity index is 1.61. The Morgan fingerprint density at radius 3 is 2.16 bits per heavy atom. The van der Waals surface area contributed by atoms with Crippen LogP contribution in [0, 0.1) is 0 Å². The molecule has 0 aliphatic rings. The van der Waals surface area contributed by atoms with Crippen LogP contribution in [-0.2, 0) is 6.61 Å². The molecule has 0 saturated carbocycles. The molecule has 122 valence electrons. The predicted octanol–water partition coefficient (Wildman–Crippen LogP) is 5.79. The molecular weight excluding hydrogens is 308 g/mol. The van der Waals surface area contributed by atoms with Crippen molar-refractivity contribution in [2.24, 2.45) is 0 Å². The summed E-state index contributed by atoms with van der Waals surface area (Å²) in [5, 5.41) is 11.8. The summed E-state index contributed by atoms with van der Waals surface area (Å²) in [5.74, 6) is 1.14. The highest BCUT2D eigenvalue weighted by Crippen LogP contribution is 2.28. The van der Waals surface area contributed by atoms with Crippen LogP contribution in [0.4, 0.5) is 0 Å². The molecule has 0 heterocycles. The Morgan fingerprint density at radius 2 is 1.36 bits per heavy atom. The second kappa shape index (κ2) is 6.70. The van der Waals surface area contributed by atoms with Gasteiger partial charge in [-0.15, -0.1) is 0 Å². The molecule has 4 rings (SSSR count). The molecule has 2 heteroatoms. The van der Waals surface area contributed by atoms with Crippen LogP contribution in [-0.4, -0.2) is 5.11 Å². The molecule has 0 spiro atoms. The average Bonchev–Trinajstić information content (AvgIpc) is 2.67. The lowest BCUT2D eigenvalue weighted by Crippen LogP contribution is -1.94. The van der Waals surface area contributed by atoms with E-state index in [2.05, 4.69) is 42.5 Å². The first-order valence-electron chi connectivity index (χ1n) is 8.28. The first-order chi connectivity index (χ1) is 12.3. The number of benzene rings is 4. The summed E-state index contributed by atoms with van der Waals surface area (Å²) >= 11 is 0. The summed E-state index contributed by atoms with van der Waals surface area (Å²) in [5.41, 5.74) is 3.35. The van der Waals surface area contributed by atoms with Crippen molar-refractivity contribution in [2.45, 2.75) is 6.61 Å².